The van der Waals surface area contributed by atoms with Crippen molar-refractivity contribution in [3.05, 3.63) is 0 Å². The predicted octanol–water partition coefficient (Wildman–Crippen LogP) is 2.23. The number of hydrogen-bond donors (Lipinski definition) is 0. The first-order valence-electron chi connectivity index (χ1n) is 5.39. The summed E-state index contributed by atoms with van der Waals surface area (Å²) in [6, 6.07) is 0. The molecule has 90 valence electrons. The van der Waals surface area contributed by atoms with E-state index in [1.807, 2.05) is 35.3 Å². The maximum atomic E-state index is 5.52. The molecule has 1 rings (SSSR count). The van der Waals surface area contributed by atoms with E-state index in [1.165, 1.54) is 11.5 Å². The summed E-state index contributed by atoms with van der Waals surface area (Å²) in [6.07, 6.45) is 0. The molecule has 1 fully saturated rings. The van der Waals surface area contributed by atoms with Gasteiger partial charge >= 0.3 is 0 Å². The second-order valence-corrected chi connectivity index (χ2v) is 6.74. The van der Waals surface area contributed by atoms with Gasteiger partial charge in [0.05, 0.1) is 26.4 Å². The van der Waals surface area contributed by atoms with Gasteiger partial charge in [-0.25, -0.2) is 0 Å². The molecule has 0 spiro atoms. The lowest BCUT2D eigenvalue weighted by molar-refractivity contribution is 0.164. The predicted molar refractivity (Wildman–Crippen MR) is 73.6 cm³/mol. The zero-order valence-corrected chi connectivity index (χ0v) is 11.6. The molecule has 1 aliphatic heterocycles. The highest BCUT2D eigenvalue weighted by atomic mass is 32.2. The van der Waals surface area contributed by atoms with Crippen molar-refractivity contribution in [1.29, 1.82) is 0 Å². The van der Waals surface area contributed by atoms with Gasteiger partial charge in [-0.15, -0.1) is 0 Å². The molecule has 5 heteroatoms. The summed E-state index contributed by atoms with van der Waals surface area (Å²) in [6.45, 7) is 3.60. The first-order valence-corrected chi connectivity index (χ1v) is 8.85. The number of hydrogen-bond acceptors (Lipinski definition) is 5. The molecule has 0 aliphatic carbocycles. The maximum Gasteiger partial charge on any atom is 0.0557 e. The molecule has 0 aromatic carbocycles. The third-order valence-corrected chi connectivity index (χ3v) is 4.93. The van der Waals surface area contributed by atoms with E-state index >= 15 is 0 Å². The van der Waals surface area contributed by atoms with E-state index < -0.39 is 0 Å². The molecule has 0 unspecified atom stereocenters. The molecule has 0 bridgehead atoms. The van der Waals surface area contributed by atoms with Crippen LogP contribution in [-0.4, -0.2) is 60.9 Å². The molecule has 0 N–H and O–H groups in total. The fraction of sp³-hybridized carbons (Fsp3) is 1.00. The molecule has 0 atom stereocenters. The van der Waals surface area contributed by atoms with E-state index in [4.69, 9.17) is 9.47 Å². The van der Waals surface area contributed by atoms with Gasteiger partial charge in [0.15, 0.2) is 0 Å². The van der Waals surface area contributed by atoms with E-state index in [1.54, 1.807) is 0 Å². The van der Waals surface area contributed by atoms with Crippen LogP contribution in [0.1, 0.15) is 0 Å². The number of thioether (sulfide) groups is 3. The van der Waals surface area contributed by atoms with Crippen LogP contribution in [0, 0.1) is 0 Å². The van der Waals surface area contributed by atoms with Crippen molar-refractivity contribution in [1.82, 2.24) is 0 Å². The van der Waals surface area contributed by atoms with Gasteiger partial charge in [-0.1, -0.05) is 0 Å². The van der Waals surface area contributed by atoms with E-state index in [0.717, 1.165) is 49.4 Å². The van der Waals surface area contributed by atoms with Crippen LogP contribution in [0.15, 0.2) is 0 Å². The molecule has 0 radical (unpaired) electrons. The molecule has 0 aromatic heterocycles. The van der Waals surface area contributed by atoms with Crippen LogP contribution in [0.3, 0.4) is 0 Å². The van der Waals surface area contributed by atoms with Crippen molar-refractivity contribution < 1.29 is 9.47 Å². The number of ether oxygens (including phenoxy) is 2. The van der Waals surface area contributed by atoms with E-state index in [0.29, 0.717) is 0 Å². The third-order valence-electron chi connectivity index (χ3n) is 1.86. The molecule has 1 heterocycles. The van der Waals surface area contributed by atoms with Crippen LogP contribution in [-0.2, 0) is 9.47 Å². The smallest absolute Gasteiger partial charge is 0.0557 e. The average molecular weight is 268 g/mol. The fourth-order valence-electron chi connectivity index (χ4n) is 1.10. The van der Waals surface area contributed by atoms with Gasteiger partial charge < -0.3 is 9.47 Å². The number of rotatable bonds is 0. The Kier molecular flexibility index (Phi) is 10.7. The summed E-state index contributed by atoms with van der Waals surface area (Å²) in [4.78, 5) is 0. The van der Waals surface area contributed by atoms with Gasteiger partial charge in [0.25, 0.3) is 0 Å². The topological polar surface area (TPSA) is 18.5 Å². The Bertz CT molecular complexity index is 77.2. The third kappa shape index (κ3) is 9.87. The summed E-state index contributed by atoms with van der Waals surface area (Å²) in [7, 11) is 0. The molecular weight excluding hydrogens is 248 g/mol. The molecule has 0 amide bonds. The lowest BCUT2D eigenvalue weighted by atomic mass is 10.8. The van der Waals surface area contributed by atoms with Crippen molar-refractivity contribution in [2.24, 2.45) is 0 Å². The molecule has 0 aromatic rings. The summed E-state index contributed by atoms with van der Waals surface area (Å²) in [5.74, 6) is 6.96. The Hall–Kier alpha value is 0.970. The normalized spacial score (nSPS) is 24.0. The highest BCUT2D eigenvalue weighted by molar-refractivity contribution is 8.02. The van der Waals surface area contributed by atoms with Crippen LogP contribution in [0.4, 0.5) is 0 Å². The fourth-order valence-corrected chi connectivity index (χ4v) is 3.60. The molecule has 2 nitrogen and oxygen atoms in total. The Labute approximate surface area is 106 Å². The Morgan fingerprint density at radius 3 is 1.20 bits per heavy atom. The summed E-state index contributed by atoms with van der Waals surface area (Å²) >= 11 is 5.90. The summed E-state index contributed by atoms with van der Waals surface area (Å²) in [5.41, 5.74) is 0. The highest BCUT2D eigenvalue weighted by Gasteiger charge is 1.96. The monoisotopic (exact) mass is 268 g/mol. The zero-order valence-electron chi connectivity index (χ0n) is 9.11. The van der Waals surface area contributed by atoms with Crippen LogP contribution >= 0.6 is 35.3 Å². The van der Waals surface area contributed by atoms with Crippen LogP contribution in [0.5, 0.6) is 0 Å². The molecular formula is C10H20O2S3. The van der Waals surface area contributed by atoms with Crippen LogP contribution in [0.25, 0.3) is 0 Å². The maximum absolute atomic E-state index is 5.52. The van der Waals surface area contributed by atoms with Gasteiger partial charge in [-0.05, 0) is 0 Å². The molecule has 1 saturated heterocycles. The van der Waals surface area contributed by atoms with Gasteiger partial charge in [0, 0.05) is 34.5 Å². The molecule has 0 saturated carbocycles. The second kappa shape index (κ2) is 11.5. The highest BCUT2D eigenvalue weighted by Crippen LogP contribution is 2.08. The van der Waals surface area contributed by atoms with Crippen molar-refractivity contribution >= 4 is 35.3 Å². The van der Waals surface area contributed by atoms with Gasteiger partial charge in [-0.2, -0.15) is 35.3 Å². The van der Waals surface area contributed by atoms with E-state index in [-0.39, 0.29) is 0 Å². The largest absolute Gasteiger partial charge is 0.380 e. The van der Waals surface area contributed by atoms with Crippen LogP contribution in [0.2, 0.25) is 0 Å². The molecule has 1 aliphatic rings. The van der Waals surface area contributed by atoms with Crippen LogP contribution < -0.4 is 0 Å². The second-order valence-electron chi connectivity index (χ2n) is 3.06. The SMILES string of the molecule is C1CSCCOCCSCCSCCO1. The Morgan fingerprint density at radius 1 is 0.467 bits per heavy atom. The quantitative estimate of drug-likeness (QED) is 0.669. The standard InChI is InChI=1S/C10H20O2S3/c1-5-13-6-2-12-4-8-15-10-9-14-7-3-11-1/h1-10H2. The minimum atomic E-state index is 0.889. The van der Waals surface area contributed by atoms with E-state index in [2.05, 4.69) is 0 Å². The van der Waals surface area contributed by atoms with Crippen molar-refractivity contribution in [3.63, 3.8) is 0 Å². The lowest BCUT2D eigenvalue weighted by Crippen LogP contribution is -2.04. The van der Waals surface area contributed by atoms with Gasteiger partial charge in [0.1, 0.15) is 0 Å². The van der Waals surface area contributed by atoms with E-state index in [9.17, 15) is 0 Å². The van der Waals surface area contributed by atoms with Gasteiger partial charge in [0.2, 0.25) is 0 Å². The van der Waals surface area contributed by atoms with Gasteiger partial charge in [-0.3, -0.25) is 0 Å². The Balaban J connectivity index is 2.01. The minimum absolute atomic E-state index is 0.889. The lowest BCUT2D eigenvalue weighted by Gasteiger charge is -2.03. The average Bonchev–Trinajstić information content (AvgIpc) is 2.27. The van der Waals surface area contributed by atoms with Crippen molar-refractivity contribution in [2.45, 2.75) is 0 Å². The summed E-state index contributed by atoms with van der Waals surface area (Å²) < 4.78 is 11.0. The van der Waals surface area contributed by atoms with Crippen molar-refractivity contribution in [3.8, 4) is 0 Å². The Morgan fingerprint density at radius 2 is 0.800 bits per heavy atom. The van der Waals surface area contributed by atoms with Crippen molar-refractivity contribution in [2.75, 3.05) is 60.9 Å². The first kappa shape index (κ1) is 14.0. The zero-order chi connectivity index (χ0) is 10.6. The summed E-state index contributed by atoms with van der Waals surface area (Å²) in [5, 5.41) is 0. The minimum Gasteiger partial charge on any atom is -0.380 e. The first-order chi connectivity index (χ1) is 7.50. The molecule has 15 heavy (non-hydrogen) atoms.